The Labute approximate surface area is 131 Å². The number of halogens is 1. The maximum Gasteiger partial charge on any atom is 0.319 e. The summed E-state index contributed by atoms with van der Waals surface area (Å²) >= 11 is 5.82. The number of carbonyl (C=O) groups is 1. The van der Waals surface area contributed by atoms with Crippen molar-refractivity contribution in [3.63, 3.8) is 0 Å². The highest BCUT2D eigenvalue weighted by molar-refractivity contribution is 6.30. The van der Waals surface area contributed by atoms with Crippen LogP contribution in [0.25, 0.3) is 0 Å². The van der Waals surface area contributed by atoms with E-state index in [1.54, 1.807) is 24.3 Å². The van der Waals surface area contributed by atoms with Gasteiger partial charge in [-0.05, 0) is 54.9 Å². The summed E-state index contributed by atoms with van der Waals surface area (Å²) in [5, 5.41) is 6.60. The molecule has 2 unspecified atom stereocenters. The molecule has 0 saturated heterocycles. The van der Waals surface area contributed by atoms with Gasteiger partial charge in [0.1, 0.15) is 0 Å². The number of amides is 2. The zero-order chi connectivity index (χ0) is 14.8. The molecular weight excluding hydrogens is 288 g/mol. The van der Waals surface area contributed by atoms with Crippen molar-refractivity contribution in [2.45, 2.75) is 46.1 Å². The fourth-order valence-electron chi connectivity index (χ4n) is 3.34. The molecule has 0 bridgehead atoms. The number of carbonyl (C=O) groups excluding carboxylic acids is 1. The average Bonchev–Trinajstić information content (AvgIpc) is 2.29. The number of urea groups is 1. The van der Waals surface area contributed by atoms with Crippen LogP contribution in [0.4, 0.5) is 10.5 Å². The molecule has 0 aromatic heterocycles. The molecular formula is C16H25ClN2O2. The van der Waals surface area contributed by atoms with Gasteiger partial charge in [0.2, 0.25) is 0 Å². The number of hydrogen-bond acceptors (Lipinski definition) is 1. The molecule has 4 N–H and O–H groups in total. The predicted molar refractivity (Wildman–Crippen MR) is 87.8 cm³/mol. The molecule has 2 atom stereocenters. The van der Waals surface area contributed by atoms with Gasteiger partial charge in [0.05, 0.1) is 0 Å². The van der Waals surface area contributed by atoms with E-state index in [1.807, 2.05) is 0 Å². The van der Waals surface area contributed by atoms with Gasteiger partial charge >= 0.3 is 6.03 Å². The smallest absolute Gasteiger partial charge is 0.319 e. The van der Waals surface area contributed by atoms with Gasteiger partial charge in [-0.3, -0.25) is 0 Å². The third-order valence-electron chi connectivity index (χ3n) is 3.82. The third kappa shape index (κ3) is 5.56. The van der Waals surface area contributed by atoms with Gasteiger partial charge < -0.3 is 16.1 Å². The molecule has 1 aliphatic rings. The lowest BCUT2D eigenvalue weighted by Crippen LogP contribution is -2.44. The average molecular weight is 313 g/mol. The molecule has 1 saturated carbocycles. The first-order valence-electron chi connectivity index (χ1n) is 7.17. The molecule has 2 amide bonds. The fraction of sp³-hybridized carbons (Fsp3) is 0.562. The molecule has 1 aliphatic carbocycles. The maximum atomic E-state index is 12.0. The van der Waals surface area contributed by atoms with Crippen molar-refractivity contribution in [3.8, 4) is 0 Å². The van der Waals surface area contributed by atoms with Crippen molar-refractivity contribution in [3.05, 3.63) is 29.3 Å². The van der Waals surface area contributed by atoms with Crippen molar-refractivity contribution in [2.24, 2.45) is 11.3 Å². The Kier molecular flexibility index (Phi) is 6.05. The number of anilines is 1. The zero-order valence-corrected chi connectivity index (χ0v) is 13.6. The lowest BCUT2D eigenvalue weighted by molar-refractivity contribution is 0.154. The van der Waals surface area contributed by atoms with Crippen molar-refractivity contribution in [1.82, 2.24) is 5.32 Å². The quantitative estimate of drug-likeness (QED) is 0.855. The maximum absolute atomic E-state index is 12.0. The van der Waals surface area contributed by atoms with Crippen LogP contribution in [-0.2, 0) is 0 Å². The Morgan fingerprint density at radius 2 is 1.86 bits per heavy atom. The second-order valence-electron chi connectivity index (χ2n) is 6.72. The molecule has 118 valence electrons. The van der Waals surface area contributed by atoms with Crippen molar-refractivity contribution >= 4 is 23.3 Å². The highest BCUT2D eigenvalue weighted by Crippen LogP contribution is 2.38. The second kappa shape index (κ2) is 7.14. The normalized spacial score (nSPS) is 23.8. The fourth-order valence-corrected chi connectivity index (χ4v) is 3.47. The standard InChI is InChI=1S/C16H23ClN2O.H2O/c1-11-8-14(10-16(2,3)9-11)19-15(20)18-13-6-4-12(17)5-7-13;/h4-7,11,14H,8-10H2,1-3H3,(H2,18,19,20);1H2. The van der Waals surface area contributed by atoms with Crippen LogP contribution >= 0.6 is 11.6 Å². The van der Waals surface area contributed by atoms with Crippen molar-refractivity contribution in [1.29, 1.82) is 0 Å². The number of benzene rings is 1. The van der Waals surface area contributed by atoms with Gasteiger partial charge in [0.25, 0.3) is 0 Å². The van der Waals surface area contributed by atoms with Crippen LogP contribution in [0.1, 0.15) is 40.0 Å². The first-order valence-corrected chi connectivity index (χ1v) is 7.55. The Balaban J connectivity index is 0.00000220. The highest BCUT2D eigenvalue weighted by atomic mass is 35.5. The van der Waals surface area contributed by atoms with E-state index in [2.05, 4.69) is 31.4 Å². The minimum Gasteiger partial charge on any atom is -0.412 e. The molecule has 0 radical (unpaired) electrons. The largest absolute Gasteiger partial charge is 0.412 e. The lowest BCUT2D eigenvalue weighted by Gasteiger charge is -2.39. The number of hydrogen-bond donors (Lipinski definition) is 2. The molecule has 0 heterocycles. The lowest BCUT2D eigenvalue weighted by atomic mass is 9.71. The van der Waals surface area contributed by atoms with Crippen LogP contribution in [0.5, 0.6) is 0 Å². The van der Waals surface area contributed by atoms with Crippen molar-refractivity contribution < 1.29 is 10.3 Å². The van der Waals surface area contributed by atoms with E-state index in [9.17, 15) is 4.79 Å². The summed E-state index contributed by atoms with van der Waals surface area (Å²) in [5.74, 6) is 0.652. The van der Waals surface area contributed by atoms with E-state index in [4.69, 9.17) is 11.6 Å². The summed E-state index contributed by atoms with van der Waals surface area (Å²) in [4.78, 5) is 12.0. The van der Waals surface area contributed by atoms with Crippen LogP contribution in [0.2, 0.25) is 5.02 Å². The van der Waals surface area contributed by atoms with Crippen molar-refractivity contribution in [2.75, 3.05) is 5.32 Å². The first kappa shape index (κ1) is 17.8. The predicted octanol–water partition coefficient (Wildman–Crippen LogP) is 3.85. The van der Waals surface area contributed by atoms with E-state index in [1.165, 1.54) is 6.42 Å². The summed E-state index contributed by atoms with van der Waals surface area (Å²) < 4.78 is 0. The Morgan fingerprint density at radius 1 is 1.24 bits per heavy atom. The van der Waals surface area contributed by atoms with E-state index < -0.39 is 0 Å². The van der Waals surface area contributed by atoms with Crippen LogP contribution in [0.3, 0.4) is 0 Å². The Hall–Kier alpha value is -1.26. The van der Waals surface area contributed by atoms with Crippen LogP contribution in [0, 0.1) is 11.3 Å². The SMILES string of the molecule is CC1CC(NC(=O)Nc2ccc(Cl)cc2)CC(C)(C)C1.O. The highest BCUT2D eigenvalue weighted by Gasteiger charge is 2.32. The van der Waals surface area contributed by atoms with Gasteiger partial charge in [-0.15, -0.1) is 0 Å². The van der Waals surface area contributed by atoms with Crippen LogP contribution < -0.4 is 10.6 Å². The molecule has 21 heavy (non-hydrogen) atoms. The summed E-state index contributed by atoms with van der Waals surface area (Å²) in [5.41, 5.74) is 1.06. The third-order valence-corrected chi connectivity index (χ3v) is 4.08. The molecule has 0 aliphatic heterocycles. The van der Waals surface area contributed by atoms with Crippen LogP contribution in [0.15, 0.2) is 24.3 Å². The molecule has 5 heteroatoms. The monoisotopic (exact) mass is 312 g/mol. The Morgan fingerprint density at radius 3 is 2.43 bits per heavy atom. The summed E-state index contributed by atoms with van der Waals surface area (Å²) in [6, 6.07) is 7.25. The summed E-state index contributed by atoms with van der Waals surface area (Å²) in [6.45, 7) is 6.80. The summed E-state index contributed by atoms with van der Waals surface area (Å²) in [6.07, 6.45) is 3.31. The molecule has 1 aromatic carbocycles. The zero-order valence-electron chi connectivity index (χ0n) is 12.9. The van der Waals surface area contributed by atoms with Gasteiger partial charge in [-0.2, -0.15) is 0 Å². The summed E-state index contributed by atoms with van der Waals surface area (Å²) in [7, 11) is 0. The molecule has 1 aromatic rings. The first-order chi connectivity index (χ1) is 9.34. The minimum atomic E-state index is -0.137. The number of nitrogens with one attached hydrogen (secondary N) is 2. The van der Waals surface area contributed by atoms with Gasteiger partial charge in [-0.1, -0.05) is 32.4 Å². The van der Waals surface area contributed by atoms with E-state index in [0.29, 0.717) is 16.4 Å². The van der Waals surface area contributed by atoms with Crippen LogP contribution in [-0.4, -0.2) is 17.5 Å². The minimum absolute atomic E-state index is 0. The van der Waals surface area contributed by atoms with Gasteiger partial charge in [0, 0.05) is 16.8 Å². The molecule has 4 nitrogen and oxygen atoms in total. The van der Waals surface area contributed by atoms with E-state index in [0.717, 1.165) is 18.5 Å². The number of rotatable bonds is 2. The molecule has 1 fully saturated rings. The van der Waals surface area contributed by atoms with E-state index >= 15 is 0 Å². The second-order valence-corrected chi connectivity index (χ2v) is 7.15. The topological polar surface area (TPSA) is 72.6 Å². The molecule has 0 spiro atoms. The van der Waals surface area contributed by atoms with Gasteiger partial charge in [-0.25, -0.2) is 4.79 Å². The molecule has 2 rings (SSSR count). The Bertz CT molecular complexity index is 474. The van der Waals surface area contributed by atoms with E-state index in [-0.39, 0.29) is 17.5 Å². The van der Waals surface area contributed by atoms with Gasteiger partial charge in [0.15, 0.2) is 0 Å².